The first-order valence-corrected chi connectivity index (χ1v) is 8.10. The molecule has 124 valence electrons. The summed E-state index contributed by atoms with van der Waals surface area (Å²) in [5.74, 6) is -0.00143. The molecule has 0 fully saturated rings. The highest BCUT2D eigenvalue weighted by atomic mass is 16.2. The fourth-order valence-corrected chi connectivity index (χ4v) is 3.07. The van der Waals surface area contributed by atoms with Gasteiger partial charge in [-0.3, -0.25) is 9.78 Å². The first-order valence-electron chi connectivity index (χ1n) is 8.10. The topological polar surface area (TPSA) is 84.8 Å². The summed E-state index contributed by atoms with van der Waals surface area (Å²) in [5, 5.41) is 0. The van der Waals surface area contributed by atoms with E-state index in [-0.39, 0.29) is 5.91 Å². The van der Waals surface area contributed by atoms with Gasteiger partial charge in [-0.15, -0.1) is 0 Å². The summed E-state index contributed by atoms with van der Waals surface area (Å²) in [7, 11) is 0. The molecule has 7 heteroatoms. The molecular weight excluding hydrogens is 316 g/mol. The van der Waals surface area contributed by atoms with Gasteiger partial charge in [0.2, 0.25) is 0 Å². The molecule has 3 aromatic rings. The third-order valence-electron chi connectivity index (χ3n) is 4.31. The second-order valence-corrected chi connectivity index (χ2v) is 5.81. The van der Waals surface area contributed by atoms with Gasteiger partial charge in [-0.25, -0.2) is 19.9 Å². The molecule has 0 aromatic carbocycles. The molecule has 0 unspecified atom stereocenters. The van der Waals surface area contributed by atoms with Gasteiger partial charge in [0.15, 0.2) is 0 Å². The van der Waals surface area contributed by atoms with Crippen molar-refractivity contribution < 1.29 is 4.79 Å². The number of nitrogens with zero attached hydrogens (tertiary/aromatic N) is 6. The summed E-state index contributed by atoms with van der Waals surface area (Å²) in [4.78, 5) is 35.6. The minimum absolute atomic E-state index is 0.00143. The third-order valence-corrected chi connectivity index (χ3v) is 4.31. The van der Waals surface area contributed by atoms with Crippen LogP contribution in [0.3, 0.4) is 0 Å². The van der Waals surface area contributed by atoms with E-state index in [0.29, 0.717) is 31.5 Å². The summed E-state index contributed by atoms with van der Waals surface area (Å²) in [6.07, 6.45) is 11.2. The van der Waals surface area contributed by atoms with Gasteiger partial charge < -0.3 is 4.90 Å². The minimum atomic E-state index is -0.00143. The highest BCUT2D eigenvalue weighted by Crippen LogP contribution is 2.25. The number of hydrogen-bond acceptors (Lipinski definition) is 6. The summed E-state index contributed by atoms with van der Waals surface area (Å²) in [5.41, 5.74) is 4.37. The van der Waals surface area contributed by atoms with E-state index >= 15 is 0 Å². The monoisotopic (exact) mass is 332 g/mol. The van der Waals surface area contributed by atoms with Crippen molar-refractivity contribution in [2.75, 3.05) is 13.1 Å². The molecule has 0 atom stereocenters. The molecule has 0 N–H and O–H groups in total. The van der Waals surface area contributed by atoms with Crippen LogP contribution in [-0.4, -0.2) is 48.8 Å². The molecule has 7 nitrogen and oxygen atoms in total. The smallest absolute Gasteiger partial charge is 0.255 e. The van der Waals surface area contributed by atoms with E-state index < -0.39 is 0 Å². The number of hydrogen-bond donors (Lipinski definition) is 0. The normalized spacial score (nSPS) is 13.8. The van der Waals surface area contributed by atoms with Gasteiger partial charge in [0.1, 0.15) is 12.7 Å². The standard InChI is InChI=1S/C18H16N6O/c25-18(13-2-1-5-19-8-13)24-6-3-15-16(4-7-24)22-12-23-17(15)14-9-20-11-21-10-14/h1-2,5,8-12H,3-4,6-7H2. The lowest BCUT2D eigenvalue weighted by Gasteiger charge is -2.19. The third kappa shape index (κ3) is 3.08. The Morgan fingerprint density at radius 1 is 0.960 bits per heavy atom. The van der Waals surface area contributed by atoms with E-state index in [1.54, 1.807) is 43.2 Å². The van der Waals surface area contributed by atoms with Crippen molar-refractivity contribution in [3.63, 3.8) is 0 Å². The van der Waals surface area contributed by atoms with E-state index in [0.717, 1.165) is 22.5 Å². The van der Waals surface area contributed by atoms with Gasteiger partial charge in [-0.05, 0) is 18.6 Å². The second kappa shape index (κ2) is 6.72. The molecule has 4 heterocycles. The molecule has 25 heavy (non-hydrogen) atoms. The molecule has 0 saturated carbocycles. The maximum Gasteiger partial charge on any atom is 0.255 e. The summed E-state index contributed by atoms with van der Waals surface area (Å²) in [6.45, 7) is 1.25. The van der Waals surface area contributed by atoms with Crippen molar-refractivity contribution in [2.24, 2.45) is 0 Å². The maximum absolute atomic E-state index is 12.7. The van der Waals surface area contributed by atoms with Gasteiger partial charge in [0, 0.05) is 61.1 Å². The molecule has 1 amide bonds. The fourth-order valence-electron chi connectivity index (χ4n) is 3.07. The van der Waals surface area contributed by atoms with Gasteiger partial charge in [0.05, 0.1) is 11.3 Å². The van der Waals surface area contributed by atoms with Crippen molar-refractivity contribution >= 4 is 5.91 Å². The van der Waals surface area contributed by atoms with Crippen molar-refractivity contribution in [1.29, 1.82) is 0 Å². The Morgan fingerprint density at radius 2 is 1.80 bits per heavy atom. The predicted octanol–water partition coefficient (Wildman–Crippen LogP) is 1.57. The molecule has 1 aliphatic heterocycles. The van der Waals surface area contributed by atoms with E-state index in [4.69, 9.17) is 0 Å². The lowest BCUT2D eigenvalue weighted by Crippen LogP contribution is -2.33. The second-order valence-electron chi connectivity index (χ2n) is 5.81. The summed E-state index contributed by atoms with van der Waals surface area (Å²) >= 11 is 0. The van der Waals surface area contributed by atoms with Crippen LogP contribution in [0, 0.1) is 0 Å². The van der Waals surface area contributed by atoms with Crippen LogP contribution < -0.4 is 0 Å². The minimum Gasteiger partial charge on any atom is -0.338 e. The van der Waals surface area contributed by atoms with Gasteiger partial charge in [-0.2, -0.15) is 0 Å². The van der Waals surface area contributed by atoms with E-state index in [1.807, 2.05) is 4.90 Å². The fraction of sp³-hybridized carbons (Fsp3) is 0.222. The molecule has 0 bridgehead atoms. The molecule has 0 spiro atoms. The number of pyridine rings is 1. The zero-order valence-corrected chi connectivity index (χ0v) is 13.5. The van der Waals surface area contributed by atoms with Crippen molar-refractivity contribution in [2.45, 2.75) is 12.8 Å². The van der Waals surface area contributed by atoms with Gasteiger partial charge in [-0.1, -0.05) is 0 Å². The molecule has 3 aromatic heterocycles. The molecule has 4 rings (SSSR count). The molecule has 0 radical (unpaired) electrons. The molecule has 1 aliphatic rings. The number of carbonyl (C=O) groups excluding carboxylic acids is 1. The van der Waals surface area contributed by atoms with Crippen LogP contribution in [0.25, 0.3) is 11.3 Å². The Morgan fingerprint density at radius 3 is 2.60 bits per heavy atom. The summed E-state index contributed by atoms with van der Waals surface area (Å²) in [6, 6.07) is 3.57. The predicted molar refractivity (Wildman–Crippen MR) is 90.6 cm³/mol. The van der Waals surface area contributed by atoms with E-state index in [2.05, 4.69) is 24.9 Å². The zero-order chi connectivity index (χ0) is 17.1. The Labute approximate surface area is 144 Å². The quantitative estimate of drug-likeness (QED) is 0.708. The lowest BCUT2D eigenvalue weighted by molar-refractivity contribution is 0.0762. The first-order chi connectivity index (χ1) is 12.3. The Kier molecular flexibility index (Phi) is 4.12. The van der Waals surface area contributed by atoms with Crippen molar-refractivity contribution in [3.05, 3.63) is 66.4 Å². The SMILES string of the molecule is O=C(c1cccnc1)N1CCc2ncnc(-c3cncnc3)c2CC1. The first kappa shape index (κ1) is 15.3. The number of fused-ring (bicyclic) bond motifs is 1. The van der Waals surface area contributed by atoms with Gasteiger partial charge >= 0.3 is 0 Å². The van der Waals surface area contributed by atoms with Crippen LogP contribution >= 0.6 is 0 Å². The molecular formula is C18H16N6O. The van der Waals surface area contributed by atoms with Crippen LogP contribution in [0.5, 0.6) is 0 Å². The maximum atomic E-state index is 12.7. The average Bonchev–Trinajstić information content (AvgIpc) is 2.91. The number of aromatic nitrogens is 5. The zero-order valence-electron chi connectivity index (χ0n) is 13.5. The Balaban J connectivity index is 1.61. The van der Waals surface area contributed by atoms with Crippen LogP contribution in [-0.2, 0) is 12.8 Å². The van der Waals surface area contributed by atoms with Crippen molar-refractivity contribution in [3.8, 4) is 11.3 Å². The van der Waals surface area contributed by atoms with Crippen LogP contribution in [0.15, 0.2) is 49.6 Å². The highest BCUT2D eigenvalue weighted by molar-refractivity contribution is 5.94. The Bertz CT molecular complexity index is 885. The van der Waals surface area contributed by atoms with E-state index in [1.165, 1.54) is 6.33 Å². The molecule has 0 saturated heterocycles. The van der Waals surface area contributed by atoms with Crippen LogP contribution in [0.2, 0.25) is 0 Å². The van der Waals surface area contributed by atoms with Crippen LogP contribution in [0.1, 0.15) is 21.6 Å². The number of amides is 1. The number of rotatable bonds is 2. The highest BCUT2D eigenvalue weighted by Gasteiger charge is 2.23. The van der Waals surface area contributed by atoms with Crippen LogP contribution in [0.4, 0.5) is 0 Å². The van der Waals surface area contributed by atoms with Gasteiger partial charge in [0.25, 0.3) is 5.91 Å². The number of carbonyl (C=O) groups is 1. The molecule has 0 aliphatic carbocycles. The van der Waals surface area contributed by atoms with E-state index in [9.17, 15) is 4.79 Å². The average molecular weight is 332 g/mol. The largest absolute Gasteiger partial charge is 0.338 e. The Hall–Kier alpha value is -3.22. The lowest BCUT2D eigenvalue weighted by atomic mass is 10.0. The summed E-state index contributed by atoms with van der Waals surface area (Å²) < 4.78 is 0. The van der Waals surface area contributed by atoms with Crippen molar-refractivity contribution in [1.82, 2.24) is 29.8 Å².